The number of carbonyl (C=O) groups excluding carboxylic acids is 2. The highest BCUT2D eigenvalue weighted by atomic mass is 127. The molecule has 2 aromatic heterocycles. The second-order valence-electron chi connectivity index (χ2n) is 8.51. The van der Waals surface area contributed by atoms with Crippen LogP contribution in [0.15, 0.2) is 60.9 Å². The van der Waals surface area contributed by atoms with Gasteiger partial charge >= 0.3 is 6.18 Å². The number of halogens is 8. The molecule has 4 aromatic rings. The number of carbonyl (C=O) groups is 2. The van der Waals surface area contributed by atoms with Gasteiger partial charge in [0, 0.05) is 35.7 Å². The van der Waals surface area contributed by atoms with Crippen molar-refractivity contribution in [1.29, 1.82) is 0 Å². The first kappa shape index (κ1) is 36.4. The van der Waals surface area contributed by atoms with E-state index in [0.29, 0.717) is 11.3 Å². The highest BCUT2D eigenvalue weighted by Crippen LogP contribution is 2.37. The van der Waals surface area contributed by atoms with E-state index in [1.165, 1.54) is 31.8 Å². The summed E-state index contributed by atoms with van der Waals surface area (Å²) in [5, 5.41) is 7.50. The first-order valence-electron chi connectivity index (χ1n) is 12.1. The molecule has 0 aliphatic heterocycles. The highest BCUT2D eigenvalue weighted by Gasteiger charge is 2.34. The Morgan fingerprint density at radius 1 is 0.818 bits per heavy atom. The van der Waals surface area contributed by atoms with Crippen molar-refractivity contribution in [2.24, 2.45) is 0 Å². The fourth-order valence-electron chi connectivity index (χ4n) is 3.19. The quantitative estimate of drug-likeness (QED) is 0.0743. The van der Waals surface area contributed by atoms with E-state index < -0.39 is 35.0 Å². The van der Waals surface area contributed by atoms with E-state index in [2.05, 4.69) is 48.5 Å². The smallest absolute Gasteiger partial charge is 0.398 e. The molecule has 5 N–H and O–H groups in total. The van der Waals surface area contributed by atoms with Crippen molar-refractivity contribution in [3.63, 3.8) is 0 Å². The first-order valence-corrected chi connectivity index (χ1v) is 14.0. The van der Waals surface area contributed by atoms with Gasteiger partial charge in [0.05, 0.1) is 28.1 Å². The van der Waals surface area contributed by atoms with Gasteiger partial charge in [0.15, 0.2) is 0 Å². The van der Waals surface area contributed by atoms with Crippen molar-refractivity contribution in [3.05, 3.63) is 109 Å². The molecule has 0 bridgehead atoms. The Kier molecular flexibility index (Phi) is 13.5. The normalized spacial score (nSPS) is 10.4. The largest absolute Gasteiger partial charge is 0.419 e. The number of hydrogen-bond donors (Lipinski definition) is 4. The van der Waals surface area contributed by atoms with Crippen molar-refractivity contribution in [3.8, 4) is 0 Å². The minimum atomic E-state index is -4.67. The van der Waals surface area contributed by atoms with Gasteiger partial charge in [0.1, 0.15) is 21.9 Å². The maximum atomic E-state index is 13.3. The molecule has 0 saturated heterocycles. The number of aryl methyl sites for hydroxylation is 1. The summed E-state index contributed by atoms with van der Waals surface area (Å²) in [6.45, 7) is 2.01. The SMILES string of the molecule is CNC(=O)c1cc(F)ccc1N.CNC(=O)c1cc(F)ccc1Nc1cc(Cl)ncc1C(F)(F)F.Cc1cnc(Cl)cc1I. The Balaban J connectivity index is 0.000000266. The van der Waals surface area contributed by atoms with Gasteiger partial charge in [-0.1, -0.05) is 23.2 Å². The molecule has 0 spiro atoms. The van der Waals surface area contributed by atoms with Crippen molar-refractivity contribution in [2.75, 3.05) is 25.1 Å². The summed E-state index contributed by atoms with van der Waals surface area (Å²) >= 11 is 13.5. The lowest BCUT2D eigenvalue weighted by atomic mass is 10.1. The fourth-order valence-corrected chi connectivity index (χ4v) is 4.12. The Labute approximate surface area is 272 Å². The van der Waals surface area contributed by atoms with Crippen molar-refractivity contribution < 1.29 is 31.5 Å². The number of aromatic nitrogens is 2. The summed E-state index contributed by atoms with van der Waals surface area (Å²) in [4.78, 5) is 30.1. The number of rotatable bonds is 4. The first-order chi connectivity index (χ1) is 20.6. The lowest BCUT2D eigenvalue weighted by Crippen LogP contribution is -2.19. The third kappa shape index (κ3) is 10.7. The molecule has 44 heavy (non-hydrogen) atoms. The zero-order valence-corrected chi connectivity index (χ0v) is 26.8. The predicted molar refractivity (Wildman–Crippen MR) is 168 cm³/mol. The molecule has 0 aliphatic carbocycles. The second kappa shape index (κ2) is 16.4. The number of alkyl halides is 3. The van der Waals surface area contributed by atoms with Crippen LogP contribution in [0.1, 0.15) is 31.8 Å². The molecule has 8 nitrogen and oxygen atoms in total. The molecule has 0 fully saturated rings. The zero-order chi connectivity index (χ0) is 33.2. The molecule has 0 unspecified atom stereocenters. The number of anilines is 3. The molecule has 2 heterocycles. The molecule has 4 rings (SSSR count). The van der Waals surface area contributed by atoms with Crippen LogP contribution in [0.4, 0.5) is 39.0 Å². The van der Waals surface area contributed by atoms with Crippen LogP contribution in [-0.4, -0.2) is 35.9 Å². The van der Waals surface area contributed by atoms with Crippen LogP contribution in [-0.2, 0) is 6.18 Å². The Morgan fingerprint density at radius 2 is 1.34 bits per heavy atom. The zero-order valence-electron chi connectivity index (χ0n) is 23.1. The van der Waals surface area contributed by atoms with Gasteiger partial charge in [-0.2, -0.15) is 13.2 Å². The minimum Gasteiger partial charge on any atom is -0.398 e. The molecular weight excluding hydrogens is 745 g/mol. The molecular formula is C28H24Cl2F5IN6O2. The number of nitrogens with one attached hydrogen (secondary N) is 3. The summed E-state index contributed by atoms with van der Waals surface area (Å²) in [5.41, 5.74) is 5.44. The lowest BCUT2D eigenvalue weighted by molar-refractivity contribution is -0.137. The molecule has 2 aromatic carbocycles. The van der Waals surface area contributed by atoms with E-state index in [1.54, 1.807) is 6.20 Å². The Morgan fingerprint density at radius 3 is 1.89 bits per heavy atom. The fraction of sp³-hybridized carbons (Fsp3) is 0.143. The summed E-state index contributed by atoms with van der Waals surface area (Å²) in [6.07, 6.45) is -2.33. The average molecular weight is 769 g/mol. The Bertz CT molecular complexity index is 1640. The van der Waals surface area contributed by atoms with Crippen LogP contribution in [0.25, 0.3) is 0 Å². The monoisotopic (exact) mass is 768 g/mol. The Hall–Kier alpha value is -3.76. The highest BCUT2D eigenvalue weighted by molar-refractivity contribution is 14.1. The van der Waals surface area contributed by atoms with E-state index in [4.69, 9.17) is 28.9 Å². The number of nitrogens with two attached hydrogens (primary N) is 1. The molecule has 0 aliphatic rings. The third-order valence-corrected chi connectivity index (χ3v) is 6.97. The standard InChI is InChI=1S/C14H10ClF4N3O.C8H9FN2O.C6H5ClIN/c1-20-13(23)8-4-7(16)2-3-10(8)22-11-5-12(15)21-6-9(11)14(17,18)19;1-11-8(12)6-4-5(9)2-3-7(6)10;1-4-3-9-6(7)2-5(4)8/h2-6H,1H3,(H,20,23)(H,21,22);2-4H,10H2,1H3,(H,11,12);2-3H,1H3. The van der Waals surface area contributed by atoms with Crippen LogP contribution in [0.3, 0.4) is 0 Å². The van der Waals surface area contributed by atoms with Gasteiger partial charge in [-0.25, -0.2) is 18.7 Å². The average Bonchev–Trinajstić information content (AvgIpc) is 2.96. The van der Waals surface area contributed by atoms with E-state index in [0.717, 1.165) is 33.9 Å². The van der Waals surface area contributed by atoms with Crippen LogP contribution in [0.2, 0.25) is 10.3 Å². The number of nitrogen functional groups attached to an aromatic ring is 1. The minimum absolute atomic E-state index is 0.00137. The van der Waals surface area contributed by atoms with E-state index in [-0.39, 0.29) is 33.6 Å². The number of pyridine rings is 2. The predicted octanol–water partition coefficient (Wildman–Crippen LogP) is 7.41. The lowest BCUT2D eigenvalue weighted by Gasteiger charge is -2.16. The molecule has 234 valence electrons. The van der Waals surface area contributed by atoms with Crippen molar-refractivity contribution in [2.45, 2.75) is 13.1 Å². The van der Waals surface area contributed by atoms with Crippen LogP contribution < -0.4 is 21.7 Å². The van der Waals surface area contributed by atoms with E-state index in [9.17, 15) is 31.5 Å². The van der Waals surface area contributed by atoms with E-state index in [1.807, 2.05) is 13.0 Å². The summed E-state index contributed by atoms with van der Waals surface area (Å²) in [5.74, 6) is -2.20. The van der Waals surface area contributed by atoms with Gasteiger partial charge < -0.3 is 21.7 Å². The van der Waals surface area contributed by atoms with Crippen molar-refractivity contribution in [1.82, 2.24) is 20.6 Å². The number of nitrogens with zero attached hydrogens (tertiary/aromatic N) is 2. The summed E-state index contributed by atoms with van der Waals surface area (Å²) < 4.78 is 66.1. The van der Waals surface area contributed by atoms with Gasteiger partial charge in [-0.3, -0.25) is 9.59 Å². The van der Waals surface area contributed by atoms with Gasteiger partial charge in [0.2, 0.25) is 0 Å². The molecule has 16 heteroatoms. The van der Waals surface area contributed by atoms with Gasteiger partial charge in [-0.15, -0.1) is 0 Å². The van der Waals surface area contributed by atoms with Gasteiger partial charge in [0.25, 0.3) is 11.8 Å². The molecule has 0 radical (unpaired) electrons. The maximum Gasteiger partial charge on any atom is 0.419 e. The van der Waals surface area contributed by atoms with Crippen LogP contribution in [0, 0.1) is 22.1 Å². The molecule has 0 saturated carbocycles. The summed E-state index contributed by atoms with van der Waals surface area (Å²) in [6, 6.07) is 9.59. The van der Waals surface area contributed by atoms with Crippen LogP contribution in [0.5, 0.6) is 0 Å². The number of amides is 2. The number of benzene rings is 2. The van der Waals surface area contributed by atoms with Crippen LogP contribution >= 0.6 is 45.8 Å². The summed E-state index contributed by atoms with van der Waals surface area (Å²) in [7, 11) is 2.79. The number of hydrogen-bond acceptors (Lipinski definition) is 6. The van der Waals surface area contributed by atoms with Gasteiger partial charge in [-0.05, 0) is 83.6 Å². The topological polar surface area (TPSA) is 122 Å². The van der Waals surface area contributed by atoms with Crippen molar-refractivity contribution >= 4 is 74.7 Å². The molecule has 2 amide bonds. The third-order valence-electron chi connectivity index (χ3n) is 5.39. The maximum absolute atomic E-state index is 13.3. The second-order valence-corrected chi connectivity index (χ2v) is 10.4. The van der Waals surface area contributed by atoms with E-state index >= 15 is 0 Å². The molecule has 0 atom stereocenters.